The Kier molecular flexibility index (Phi) is 8.30. The number of ether oxygens (including phenoxy) is 1. The van der Waals surface area contributed by atoms with Crippen LogP contribution in [0.2, 0.25) is 5.02 Å². The van der Waals surface area contributed by atoms with Gasteiger partial charge in [-0.2, -0.15) is 4.98 Å². The zero-order valence-electron chi connectivity index (χ0n) is 23.4. The monoisotopic (exact) mass is 616 g/mol. The predicted octanol–water partition coefficient (Wildman–Crippen LogP) is 3.67. The predicted molar refractivity (Wildman–Crippen MR) is 158 cm³/mol. The van der Waals surface area contributed by atoms with E-state index in [1.165, 1.54) is 49.3 Å². The van der Waals surface area contributed by atoms with Gasteiger partial charge in [0.05, 0.1) is 18.3 Å². The van der Waals surface area contributed by atoms with Crippen molar-refractivity contribution in [3.8, 4) is 17.1 Å². The molecule has 42 heavy (non-hydrogen) atoms. The third-order valence-electron chi connectivity index (χ3n) is 7.31. The number of pyridine rings is 1. The highest BCUT2D eigenvalue weighted by molar-refractivity contribution is 7.92. The Morgan fingerprint density at radius 2 is 1.83 bits per heavy atom. The number of hydrogen-bond donors (Lipinski definition) is 2. The summed E-state index contributed by atoms with van der Waals surface area (Å²) in [5, 5.41) is 3.44. The number of halogens is 2. The maximum absolute atomic E-state index is 15.0. The highest BCUT2D eigenvalue weighted by Crippen LogP contribution is 2.29. The summed E-state index contributed by atoms with van der Waals surface area (Å²) in [6, 6.07) is 5.40. The maximum atomic E-state index is 15.0. The minimum atomic E-state index is -4.25. The third-order valence-corrected chi connectivity index (χ3v) is 8.89. The van der Waals surface area contributed by atoms with Crippen LogP contribution in [-0.2, 0) is 17.1 Å². The average molecular weight is 617 g/mol. The Labute approximate surface area is 247 Å². The van der Waals surface area contributed by atoms with Gasteiger partial charge >= 0.3 is 0 Å². The smallest absolute Gasteiger partial charge is 0.278 e. The van der Waals surface area contributed by atoms with Gasteiger partial charge in [-0.1, -0.05) is 11.6 Å². The Balaban J connectivity index is 1.44. The van der Waals surface area contributed by atoms with Crippen LogP contribution in [0.3, 0.4) is 0 Å². The van der Waals surface area contributed by atoms with E-state index in [1.54, 1.807) is 0 Å². The quantitative estimate of drug-likeness (QED) is 0.301. The van der Waals surface area contributed by atoms with Crippen molar-refractivity contribution in [2.45, 2.75) is 42.7 Å². The number of methoxy groups -OCH3 is 1. The lowest BCUT2D eigenvalue weighted by atomic mass is 9.91. The van der Waals surface area contributed by atoms with Gasteiger partial charge in [-0.3, -0.25) is 14.1 Å². The number of fused-ring (bicyclic) bond motifs is 1. The minimum Gasteiger partial charge on any atom is -0.480 e. The number of anilines is 2. The summed E-state index contributed by atoms with van der Waals surface area (Å²) < 4.78 is 49.9. The Bertz CT molecular complexity index is 1810. The normalized spacial score (nSPS) is 17.4. The molecule has 1 saturated carbocycles. The molecule has 12 nitrogen and oxygen atoms in total. The molecule has 0 unspecified atom stereocenters. The number of hydrogen-bond acceptors (Lipinski definition) is 10. The lowest BCUT2D eigenvalue weighted by molar-refractivity contribution is 0.221. The zero-order valence-corrected chi connectivity index (χ0v) is 25.0. The van der Waals surface area contributed by atoms with Crippen LogP contribution in [0.4, 0.5) is 16.0 Å². The van der Waals surface area contributed by atoms with Crippen molar-refractivity contribution in [2.24, 2.45) is 7.05 Å². The number of nitrogens with zero attached hydrogens (tertiary/aromatic N) is 6. The summed E-state index contributed by atoms with van der Waals surface area (Å²) in [4.78, 5) is 32.4. The third kappa shape index (κ3) is 6.01. The van der Waals surface area contributed by atoms with E-state index in [4.69, 9.17) is 16.3 Å². The van der Waals surface area contributed by atoms with E-state index >= 15 is 4.39 Å². The fraction of sp³-hybridized carbons (Fsp3) is 0.370. The van der Waals surface area contributed by atoms with Crippen LogP contribution in [0.1, 0.15) is 25.7 Å². The van der Waals surface area contributed by atoms with Gasteiger partial charge in [-0.15, -0.1) is 0 Å². The van der Waals surface area contributed by atoms with Gasteiger partial charge in [-0.25, -0.2) is 27.8 Å². The van der Waals surface area contributed by atoms with Crippen molar-refractivity contribution < 1.29 is 17.5 Å². The number of aryl methyl sites for hydroxylation is 1. The molecule has 3 aromatic heterocycles. The van der Waals surface area contributed by atoms with Crippen LogP contribution in [-0.4, -0.2) is 71.1 Å². The molecule has 1 aromatic carbocycles. The SMILES string of the molecule is COc1ncc(Cl)cc1S(=O)(=O)Nc1ccc(F)c(-c2nc3cnc(N[C@H]4CC[C@H](N(C)C)CC4)nc3n(C)c2=O)c1. The molecule has 1 aliphatic rings. The number of sulfonamides is 1. The maximum Gasteiger partial charge on any atom is 0.278 e. The standard InChI is InChI=1S/C27H30ClFN8O4S/c1-36(2)18-8-5-16(6-9-18)32-27-31-14-21-24(34-27)37(3)26(38)23(33-21)19-12-17(7-10-20(19)29)35-42(39,40)22-11-15(28)13-30-25(22)41-4/h7,10-14,16,18,35H,5-6,8-9H2,1-4H3,(H,31,32,34)/t16-,18-. The van der Waals surface area contributed by atoms with Crippen molar-refractivity contribution in [3.05, 3.63) is 57.9 Å². The molecule has 0 bridgehead atoms. The summed E-state index contributed by atoms with van der Waals surface area (Å²) in [5.41, 5.74) is -0.504. The van der Waals surface area contributed by atoms with Gasteiger partial charge in [0.2, 0.25) is 11.8 Å². The topological polar surface area (TPSA) is 144 Å². The largest absolute Gasteiger partial charge is 0.480 e. The molecule has 3 heterocycles. The molecule has 0 saturated heterocycles. The van der Waals surface area contributed by atoms with Gasteiger partial charge in [0, 0.05) is 36.6 Å². The fourth-order valence-electron chi connectivity index (χ4n) is 5.01. The van der Waals surface area contributed by atoms with Crippen LogP contribution in [0.15, 0.2) is 46.3 Å². The van der Waals surface area contributed by atoms with Crippen LogP contribution in [0, 0.1) is 5.82 Å². The summed E-state index contributed by atoms with van der Waals surface area (Å²) in [5.74, 6) is -0.556. The van der Waals surface area contributed by atoms with E-state index in [0.29, 0.717) is 12.0 Å². The molecule has 1 aliphatic carbocycles. The van der Waals surface area contributed by atoms with Crippen LogP contribution in [0.25, 0.3) is 22.4 Å². The number of benzene rings is 1. The number of aromatic nitrogens is 5. The molecular weight excluding hydrogens is 587 g/mol. The first kappa shape index (κ1) is 29.6. The number of nitrogens with one attached hydrogen (secondary N) is 2. The Morgan fingerprint density at radius 3 is 2.52 bits per heavy atom. The summed E-state index contributed by atoms with van der Waals surface area (Å²) in [6.45, 7) is 0. The second-order valence-electron chi connectivity index (χ2n) is 10.3. The van der Waals surface area contributed by atoms with Crippen molar-refractivity contribution in [3.63, 3.8) is 0 Å². The second-order valence-corrected chi connectivity index (χ2v) is 12.4. The molecule has 0 radical (unpaired) electrons. The lowest BCUT2D eigenvalue weighted by Crippen LogP contribution is -2.36. The summed E-state index contributed by atoms with van der Waals surface area (Å²) in [7, 11) is 2.71. The average Bonchev–Trinajstić information content (AvgIpc) is 2.96. The lowest BCUT2D eigenvalue weighted by Gasteiger charge is -2.32. The molecule has 15 heteroatoms. The molecule has 2 N–H and O–H groups in total. The van der Waals surface area contributed by atoms with Gasteiger partial charge in [0.1, 0.15) is 17.0 Å². The van der Waals surface area contributed by atoms with Crippen LogP contribution >= 0.6 is 11.6 Å². The van der Waals surface area contributed by atoms with E-state index in [-0.39, 0.29) is 49.9 Å². The number of rotatable bonds is 8. The first-order chi connectivity index (χ1) is 20.0. The highest BCUT2D eigenvalue weighted by atomic mass is 35.5. The van der Waals surface area contributed by atoms with E-state index in [1.807, 2.05) is 0 Å². The molecule has 0 aliphatic heterocycles. The molecule has 222 valence electrons. The van der Waals surface area contributed by atoms with Gasteiger partial charge in [-0.05, 0) is 64.0 Å². The summed E-state index contributed by atoms with van der Waals surface area (Å²) >= 11 is 5.94. The van der Waals surface area contributed by atoms with E-state index in [0.717, 1.165) is 31.7 Å². The van der Waals surface area contributed by atoms with Crippen molar-refractivity contribution in [1.82, 2.24) is 29.4 Å². The van der Waals surface area contributed by atoms with E-state index in [9.17, 15) is 13.2 Å². The molecule has 1 fully saturated rings. The molecular formula is C27H30ClFN8O4S. The van der Waals surface area contributed by atoms with Crippen molar-refractivity contribution in [2.75, 3.05) is 31.2 Å². The van der Waals surface area contributed by atoms with Gasteiger partial charge < -0.3 is 15.0 Å². The highest BCUT2D eigenvalue weighted by Gasteiger charge is 2.25. The molecule has 4 aromatic rings. The molecule has 5 rings (SSSR count). The zero-order chi connectivity index (χ0) is 30.2. The van der Waals surface area contributed by atoms with E-state index < -0.39 is 21.4 Å². The van der Waals surface area contributed by atoms with Gasteiger partial charge in [0.25, 0.3) is 15.6 Å². The van der Waals surface area contributed by atoms with Crippen LogP contribution < -0.4 is 20.3 Å². The molecule has 0 atom stereocenters. The Morgan fingerprint density at radius 1 is 1.10 bits per heavy atom. The van der Waals surface area contributed by atoms with Gasteiger partial charge in [0.15, 0.2) is 10.5 Å². The first-order valence-electron chi connectivity index (χ1n) is 13.2. The summed E-state index contributed by atoms with van der Waals surface area (Å²) in [6.07, 6.45) is 6.79. The molecule has 0 amide bonds. The van der Waals surface area contributed by atoms with Crippen molar-refractivity contribution in [1.29, 1.82) is 0 Å². The fourth-order valence-corrected chi connectivity index (χ4v) is 6.43. The molecule has 0 spiro atoms. The van der Waals surface area contributed by atoms with Crippen molar-refractivity contribution >= 4 is 44.4 Å². The second kappa shape index (κ2) is 11.8. The first-order valence-corrected chi connectivity index (χ1v) is 15.0. The minimum absolute atomic E-state index is 0.0165. The van der Waals surface area contributed by atoms with E-state index in [2.05, 4.69) is 49.0 Å². The Hall–Kier alpha value is -3.88. The van der Waals surface area contributed by atoms with Crippen LogP contribution in [0.5, 0.6) is 5.88 Å².